The molecule has 0 unspecified atom stereocenters. The minimum Gasteiger partial charge on any atom is -0.396 e. The zero-order valence-corrected chi connectivity index (χ0v) is 6.16. The van der Waals surface area contributed by atoms with E-state index in [0.717, 1.165) is 18.3 Å². The molecule has 0 spiro atoms. The molecule has 0 aromatic carbocycles. The van der Waals surface area contributed by atoms with E-state index >= 15 is 0 Å². The van der Waals surface area contributed by atoms with Crippen LogP contribution in [0.5, 0.6) is 0 Å². The Morgan fingerprint density at radius 2 is 2.00 bits per heavy atom. The van der Waals surface area contributed by atoms with Gasteiger partial charge in [-0.2, -0.15) is 0 Å². The molecule has 0 aromatic rings. The third-order valence-electron chi connectivity index (χ3n) is 3.29. The predicted octanol–water partition coefficient (Wildman–Crippen LogP) is 0.352. The topological polar surface area (TPSA) is 46.2 Å². The Hall–Kier alpha value is -0.0800. The Morgan fingerprint density at radius 3 is 2.40 bits per heavy atom. The van der Waals surface area contributed by atoms with Gasteiger partial charge in [-0.25, -0.2) is 0 Å². The van der Waals surface area contributed by atoms with Crippen molar-refractivity contribution in [3.05, 3.63) is 0 Å². The maximum Gasteiger partial charge on any atom is 0.0462 e. The summed E-state index contributed by atoms with van der Waals surface area (Å²) in [7, 11) is 0. The first kappa shape index (κ1) is 6.62. The Bertz CT molecular complexity index is 135. The normalized spacial score (nSPS) is 52.2. The van der Waals surface area contributed by atoms with Crippen LogP contribution in [0.2, 0.25) is 0 Å². The summed E-state index contributed by atoms with van der Waals surface area (Å²) in [5, 5.41) is 8.93. The fourth-order valence-electron chi connectivity index (χ4n) is 2.66. The molecule has 4 atom stereocenters. The lowest BCUT2D eigenvalue weighted by Crippen LogP contribution is -2.30. The zero-order chi connectivity index (χ0) is 7.14. The largest absolute Gasteiger partial charge is 0.396 e. The van der Waals surface area contributed by atoms with Crippen molar-refractivity contribution < 1.29 is 5.11 Å². The van der Waals surface area contributed by atoms with Crippen molar-refractivity contribution >= 4 is 0 Å². The van der Waals surface area contributed by atoms with Crippen LogP contribution < -0.4 is 5.73 Å². The van der Waals surface area contributed by atoms with Crippen molar-refractivity contribution in [2.75, 3.05) is 6.61 Å². The Labute approximate surface area is 61.4 Å². The maximum absolute atomic E-state index is 8.93. The van der Waals surface area contributed by atoms with Gasteiger partial charge in [0.25, 0.3) is 0 Å². The second-order valence-electron chi connectivity index (χ2n) is 3.83. The third kappa shape index (κ3) is 0.789. The average molecular weight is 141 g/mol. The maximum atomic E-state index is 8.93. The minimum absolute atomic E-state index is 0.383. The van der Waals surface area contributed by atoms with Crippen molar-refractivity contribution in [1.82, 2.24) is 0 Å². The molecule has 2 bridgehead atoms. The number of aliphatic hydroxyl groups excluding tert-OH is 1. The van der Waals surface area contributed by atoms with Gasteiger partial charge in [0.15, 0.2) is 0 Å². The highest BCUT2D eigenvalue weighted by Crippen LogP contribution is 2.47. The summed E-state index contributed by atoms with van der Waals surface area (Å²) in [5.41, 5.74) is 5.86. The molecule has 2 saturated carbocycles. The minimum atomic E-state index is 0.383. The van der Waals surface area contributed by atoms with Gasteiger partial charge >= 0.3 is 0 Å². The van der Waals surface area contributed by atoms with Crippen molar-refractivity contribution in [1.29, 1.82) is 0 Å². The van der Waals surface area contributed by atoms with Crippen LogP contribution in [-0.4, -0.2) is 17.8 Å². The first-order valence-corrected chi connectivity index (χ1v) is 4.17. The van der Waals surface area contributed by atoms with Gasteiger partial charge in [0.05, 0.1) is 0 Å². The van der Waals surface area contributed by atoms with Crippen LogP contribution in [-0.2, 0) is 0 Å². The van der Waals surface area contributed by atoms with Gasteiger partial charge in [0, 0.05) is 12.6 Å². The van der Waals surface area contributed by atoms with Gasteiger partial charge in [-0.15, -0.1) is 0 Å². The Kier molecular flexibility index (Phi) is 1.46. The lowest BCUT2D eigenvalue weighted by molar-refractivity contribution is 0.171. The van der Waals surface area contributed by atoms with Crippen LogP contribution in [0.3, 0.4) is 0 Å². The predicted molar refractivity (Wildman–Crippen MR) is 39.4 cm³/mol. The average Bonchev–Trinajstić information content (AvgIpc) is 2.44. The molecule has 0 radical (unpaired) electrons. The molecule has 2 aliphatic rings. The van der Waals surface area contributed by atoms with Crippen molar-refractivity contribution in [2.45, 2.75) is 25.3 Å². The summed E-state index contributed by atoms with van der Waals surface area (Å²) in [6, 6.07) is 0.452. The molecule has 2 heteroatoms. The summed E-state index contributed by atoms with van der Waals surface area (Å²) in [4.78, 5) is 0. The van der Waals surface area contributed by atoms with Crippen molar-refractivity contribution in [3.8, 4) is 0 Å². The lowest BCUT2D eigenvalue weighted by atomic mass is 9.87. The van der Waals surface area contributed by atoms with E-state index < -0.39 is 0 Å². The molecular formula is C8H15NO. The van der Waals surface area contributed by atoms with Crippen LogP contribution in [0, 0.1) is 17.8 Å². The molecule has 0 heterocycles. The van der Waals surface area contributed by atoms with Gasteiger partial charge < -0.3 is 10.8 Å². The third-order valence-corrected chi connectivity index (χ3v) is 3.29. The highest BCUT2D eigenvalue weighted by atomic mass is 16.3. The van der Waals surface area contributed by atoms with E-state index in [2.05, 4.69) is 0 Å². The van der Waals surface area contributed by atoms with Crippen LogP contribution in [0.15, 0.2) is 0 Å². The molecule has 0 aromatic heterocycles. The second-order valence-corrected chi connectivity index (χ2v) is 3.83. The van der Waals surface area contributed by atoms with Gasteiger partial charge in [0.2, 0.25) is 0 Å². The number of hydrogen-bond acceptors (Lipinski definition) is 2. The quantitative estimate of drug-likeness (QED) is 0.553. The van der Waals surface area contributed by atoms with Gasteiger partial charge in [-0.3, -0.25) is 0 Å². The van der Waals surface area contributed by atoms with Gasteiger partial charge in [-0.1, -0.05) is 0 Å². The fraction of sp³-hybridized carbons (Fsp3) is 1.00. The molecule has 58 valence electrons. The molecule has 2 rings (SSSR count). The van der Waals surface area contributed by atoms with E-state index in [4.69, 9.17) is 10.8 Å². The molecule has 0 amide bonds. The number of fused-ring (bicyclic) bond motifs is 2. The number of rotatable bonds is 1. The second kappa shape index (κ2) is 2.21. The lowest BCUT2D eigenvalue weighted by Gasteiger charge is -2.23. The molecule has 0 aliphatic heterocycles. The van der Waals surface area contributed by atoms with E-state index in [-0.39, 0.29) is 0 Å². The van der Waals surface area contributed by atoms with E-state index in [1.54, 1.807) is 0 Å². The molecule has 2 aliphatic carbocycles. The molecule has 2 nitrogen and oxygen atoms in total. The van der Waals surface area contributed by atoms with Crippen molar-refractivity contribution in [2.24, 2.45) is 23.5 Å². The first-order valence-electron chi connectivity index (χ1n) is 4.17. The number of nitrogens with two attached hydrogens (primary N) is 1. The smallest absolute Gasteiger partial charge is 0.0462 e. The van der Waals surface area contributed by atoms with E-state index in [1.165, 1.54) is 12.8 Å². The summed E-state index contributed by atoms with van der Waals surface area (Å²) in [6.07, 6.45) is 3.63. The van der Waals surface area contributed by atoms with Gasteiger partial charge in [0.1, 0.15) is 0 Å². The molecule has 0 saturated heterocycles. The highest BCUT2D eigenvalue weighted by molar-refractivity contribution is 4.96. The van der Waals surface area contributed by atoms with Crippen LogP contribution in [0.25, 0.3) is 0 Å². The summed E-state index contributed by atoms with van der Waals surface area (Å²) >= 11 is 0. The SMILES string of the molecule is N[C@@H]1C[C@@H]2C[C@H]1C[C@H]2CO. The van der Waals surface area contributed by atoms with Crippen molar-refractivity contribution in [3.63, 3.8) is 0 Å². The molecule has 10 heavy (non-hydrogen) atoms. The Morgan fingerprint density at radius 1 is 1.20 bits per heavy atom. The summed E-state index contributed by atoms with van der Waals surface area (Å²) in [6.45, 7) is 0.383. The molecule has 2 fully saturated rings. The summed E-state index contributed by atoms with van der Waals surface area (Å²) < 4.78 is 0. The van der Waals surface area contributed by atoms with E-state index in [0.29, 0.717) is 18.6 Å². The van der Waals surface area contributed by atoms with E-state index in [9.17, 15) is 0 Å². The number of aliphatic hydroxyl groups is 1. The highest BCUT2D eigenvalue weighted by Gasteiger charge is 2.43. The van der Waals surface area contributed by atoms with Crippen LogP contribution in [0.4, 0.5) is 0 Å². The Balaban J connectivity index is 2.02. The fourth-order valence-corrected chi connectivity index (χ4v) is 2.66. The molecular weight excluding hydrogens is 126 g/mol. The monoisotopic (exact) mass is 141 g/mol. The first-order chi connectivity index (χ1) is 4.81. The van der Waals surface area contributed by atoms with Crippen LogP contribution in [0.1, 0.15) is 19.3 Å². The van der Waals surface area contributed by atoms with Gasteiger partial charge in [-0.05, 0) is 37.0 Å². The summed E-state index contributed by atoms with van der Waals surface area (Å²) in [5.74, 6) is 2.08. The van der Waals surface area contributed by atoms with E-state index in [1.807, 2.05) is 0 Å². The number of hydrogen-bond donors (Lipinski definition) is 2. The zero-order valence-electron chi connectivity index (χ0n) is 6.16. The van der Waals surface area contributed by atoms with Crippen LogP contribution >= 0.6 is 0 Å². The molecule has 3 N–H and O–H groups in total. The standard InChI is InChI=1S/C8H15NO/c9-8-3-5-1-6(8)2-7(5)4-10/h5-8,10H,1-4,9H2/t5-,6-,7-,8+/m0/s1.